The van der Waals surface area contributed by atoms with Crippen LogP contribution in [0.15, 0.2) is 29.1 Å². The molecule has 0 radical (unpaired) electrons. The average Bonchev–Trinajstić information content (AvgIpc) is 3.20. The minimum absolute atomic E-state index is 0.0121. The Labute approximate surface area is 140 Å². The summed E-state index contributed by atoms with van der Waals surface area (Å²) in [4.78, 5) is 20.7. The molecule has 0 fully saturated rings. The number of aromatic nitrogens is 2. The topological polar surface area (TPSA) is 37.6 Å². The van der Waals surface area contributed by atoms with Crippen molar-refractivity contribution in [3.05, 3.63) is 50.4 Å². The molecule has 7 heteroatoms. The molecule has 3 aromatic heterocycles. The summed E-state index contributed by atoms with van der Waals surface area (Å²) < 4.78 is 1.89. The molecule has 22 heavy (non-hydrogen) atoms. The summed E-state index contributed by atoms with van der Waals surface area (Å²) in [6.07, 6.45) is 6.18. The van der Waals surface area contributed by atoms with Crippen LogP contribution in [0.3, 0.4) is 0 Å². The average molecular weight is 350 g/mol. The van der Waals surface area contributed by atoms with Crippen LogP contribution >= 0.6 is 34.3 Å². The van der Waals surface area contributed by atoms with Crippen LogP contribution in [0.4, 0.5) is 0 Å². The lowest BCUT2D eigenvalue weighted by atomic mass is 10.1. The second-order valence-electron chi connectivity index (χ2n) is 5.06. The molecule has 4 rings (SSSR count). The van der Waals surface area contributed by atoms with Crippen LogP contribution in [-0.2, 0) is 17.8 Å². The Bertz CT molecular complexity index is 876. The fourth-order valence-corrected chi connectivity index (χ4v) is 4.51. The van der Waals surface area contributed by atoms with Gasteiger partial charge in [-0.15, -0.1) is 22.7 Å². The molecule has 4 heterocycles. The van der Waals surface area contributed by atoms with Gasteiger partial charge in [0, 0.05) is 35.6 Å². The summed E-state index contributed by atoms with van der Waals surface area (Å²) in [5, 5.41) is 4.46. The monoisotopic (exact) mass is 349 g/mol. The van der Waals surface area contributed by atoms with Crippen molar-refractivity contribution in [2.45, 2.75) is 13.0 Å². The van der Waals surface area contributed by atoms with E-state index in [2.05, 4.69) is 16.4 Å². The maximum absolute atomic E-state index is 12.4. The second-order valence-corrected chi connectivity index (χ2v) is 7.29. The number of carbonyl (C=O) groups is 1. The molecule has 1 aliphatic rings. The van der Waals surface area contributed by atoms with Crippen LogP contribution in [-0.4, -0.2) is 26.7 Å². The van der Waals surface area contributed by atoms with Gasteiger partial charge in [0.1, 0.15) is 0 Å². The Kier molecular flexibility index (Phi) is 3.52. The summed E-state index contributed by atoms with van der Waals surface area (Å²) >= 11 is 9.42. The van der Waals surface area contributed by atoms with Gasteiger partial charge in [-0.2, -0.15) is 0 Å². The number of amides is 1. The highest BCUT2D eigenvalue weighted by Crippen LogP contribution is 2.25. The smallest absolute Gasteiger partial charge is 0.246 e. The highest BCUT2D eigenvalue weighted by atomic mass is 35.5. The quantitative estimate of drug-likeness (QED) is 0.661. The first-order valence-corrected chi connectivity index (χ1v) is 8.99. The minimum Gasteiger partial charge on any atom is -0.334 e. The molecule has 4 nitrogen and oxygen atoms in total. The van der Waals surface area contributed by atoms with E-state index in [4.69, 9.17) is 11.6 Å². The number of carbonyl (C=O) groups excluding carboxylic acids is 1. The Morgan fingerprint density at radius 3 is 3.18 bits per heavy atom. The highest BCUT2D eigenvalue weighted by molar-refractivity contribution is 7.15. The lowest BCUT2D eigenvalue weighted by molar-refractivity contribution is -0.126. The molecule has 0 atom stereocenters. The van der Waals surface area contributed by atoms with E-state index in [0.29, 0.717) is 11.7 Å². The summed E-state index contributed by atoms with van der Waals surface area (Å²) in [6.45, 7) is 1.46. The van der Waals surface area contributed by atoms with Gasteiger partial charge in [0.25, 0.3) is 0 Å². The number of imidazole rings is 1. The lowest BCUT2D eigenvalue weighted by Crippen LogP contribution is -2.34. The van der Waals surface area contributed by atoms with E-state index in [0.717, 1.165) is 23.6 Å². The molecule has 3 aromatic rings. The van der Waals surface area contributed by atoms with Crippen molar-refractivity contribution >= 4 is 51.2 Å². The van der Waals surface area contributed by atoms with Crippen LogP contribution in [0, 0.1) is 0 Å². The van der Waals surface area contributed by atoms with Gasteiger partial charge in [0.2, 0.25) is 5.91 Å². The molecule has 0 unspecified atom stereocenters. The first kappa shape index (κ1) is 14.0. The van der Waals surface area contributed by atoms with Crippen LogP contribution in [0.25, 0.3) is 11.0 Å². The molecule has 0 saturated carbocycles. The van der Waals surface area contributed by atoms with Crippen molar-refractivity contribution in [1.29, 1.82) is 0 Å². The molecule has 0 N–H and O–H groups in total. The molecule has 0 bridgehead atoms. The van der Waals surface area contributed by atoms with E-state index in [1.807, 2.05) is 20.9 Å². The SMILES string of the molecule is O=C(/C=C/c1c(Cl)nc2sccn12)N1CCc2sccc2C1. The number of rotatable bonds is 2. The van der Waals surface area contributed by atoms with Crippen molar-refractivity contribution in [3.8, 4) is 0 Å². The van der Waals surface area contributed by atoms with E-state index in [1.54, 1.807) is 23.5 Å². The van der Waals surface area contributed by atoms with Gasteiger partial charge in [0.05, 0.1) is 5.69 Å². The van der Waals surface area contributed by atoms with E-state index in [1.165, 1.54) is 21.8 Å². The zero-order chi connectivity index (χ0) is 15.1. The lowest BCUT2D eigenvalue weighted by Gasteiger charge is -2.25. The maximum Gasteiger partial charge on any atom is 0.246 e. The van der Waals surface area contributed by atoms with Crippen molar-refractivity contribution in [1.82, 2.24) is 14.3 Å². The molecular weight excluding hydrogens is 338 g/mol. The highest BCUT2D eigenvalue weighted by Gasteiger charge is 2.20. The summed E-state index contributed by atoms with van der Waals surface area (Å²) in [5.41, 5.74) is 2.01. The fraction of sp³-hybridized carbons (Fsp3) is 0.200. The standard InChI is InChI=1S/C15H12ClN3OS2/c16-14-11(19-6-8-22-15(19)17-14)1-2-13(20)18-5-3-12-10(9-18)4-7-21-12/h1-2,4,6-8H,3,5,9H2/b2-1+. The number of thiazole rings is 1. The Morgan fingerprint density at radius 1 is 1.36 bits per heavy atom. The number of thiophene rings is 1. The third-order valence-electron chi connectivity index (χ3n) is 3.76. The molecule has 112 valence electrons. The van der Waals surface area contributed by atoms with Gasteiger partial charge in [0.15, 0.2) is 10.1 Å². The summed E-state index contributed by atoms with van der Waals surface area (Å²) in [5.74, 6) is 0.0121. The molecule has 0 saturated heterocycles. The Morgan fingerprint density at radius 2 is 2.27 bits per heavy atom. The van der Waals surface area contributed by atoms with E-state index in [9.17, 15) is 4.79 Å². The predicted octanol–water partition coefficient (Wildman–Crippen LogP) is 3.71. The predicted molar refractivity (Wildman–Crippen MR) is 90.6 cm³/mol. The largest absolute Gasteiger partial charge is 0.334 e. The van der Waals surface area contributed by atoms with Crippen LogP contribution in [0.1, 0.15) is 16.1 Å². The van der Waals surface area contributed by atoms with Gasteiger partial charge in [-0.1, -0.05) is 11.6 Å². The van der Waals surface area contributed by atoms with Crippen LogP contribution < -0.4 is 0 Å². The zero-order valence-corrected chi connectivity index (χ0v) is 13.9. The van der Waals surface area contributed by atoms with Crippen molar-refractivity contribution in [3.63, 3.8) is 0 Å². The Balaban J connectivity index is 1.55. The maximum atomic E-state index is 12.4. The van der Waals surface area contributed by atoms with E-state index < -0.39 is 0 Å². The fourth-order valence-electron chi connectivity index (χ4n) is 2.62. The normalized spacial score (nSPS) is 14.9. The first-order valence-electron chi connectivity index (χ1n) is 6.85. The summed E-state index contributed by atoms with van der Waals surface area (Å²) in [7, 11) is 0. The molecule has 0 spiro atoms. The minimum atomic E-state index is 0.0121. The zero-order valence-electron chi connectivity index (χ0n) is 11.5. The van der Waals surface area contributed by atoms with E-state index >= 15 is 0 Å². The van der Waals surface area contributed by atoms with E-state index in [-0.39, 0.29) is 5.91 Å². The molecule has 0 aliphatic carbocycles. The molecule has 0 aromatic carbocycles. The molecule has 1 aliphatic heterocycles. The third kappa shape index (κ3) is 2.37. The second kappa shape index (κ2) is 5.53. The Hall–Kier alpha value is -1.63. The van der Waals surface area contributed by atoms with Crippen LogP contribution in [0.5, 0.6) is 0 Å². The number of fused-ring (bicyclic) bond motifs is 2. The number of hydrogen-bond donors (Lipinski definition) is 0. The van der Waals surface area contributed by atoms with Gasteiger partial charge >= 0.3 is 0 Å². The van der Waals surface area contributed by atoms with Gasteiger partial charge in [-0.3, -0.25) is 9.20 Å². The van der Waals surface area contributed by atoms with Crippen molar-refractivity contribution in [2.75, 3.05) is 6.54 Å². The van der Waals surface area contributed by atoms with Gasteiger partial charge in [-0.05, 0) is 29.5 Å². The van der Waals surface area contributed by atoms with Gasteiger partial charge in [-0.25, -0.2) is 4.98 Å². The number of nitrogens with zero attached hydrogens (tertiary/aromatic N) is 3. The first-order chi connectivity index (χ1) is 10.7. The number of hydrogen-bond acceptors (Lipinski definition) is 4. The van der Waals surface area contributed by atoms with Gasteiger partial charge < -0.3 is 4.90 Å². The number of halogens is 1. The van der Waals surface area contributed by atoms with Crippen LogP contribution in [0.2, 0.25) is 5.15 Å². The molecule has 1 amide bonds. The van der Waals surface area contributed by atoms with Crippen molar-refractivity contribution < 1.29 is 4.79 Å². The summed E-state index contributed by atoms with van der Waals surface area (Å²) in [6, 6.07) is 2.10. The molecular formula is C15H12ClN3OS2. The third-order valence-corrected chi connectivity index (χ3v) is 5.82. The van der Waals surface area contributed by atoms with Crippen molar-refractivity contribution in [2.24, 2.45) is 0 Å².